The van der Waals surface area contributed by atoms with E-state index < -0.39 is 0 Å². The Bertz CT molecular complexity index is 417. The Morgan fingerprint density at radius 3 is 2.80 bits per heavy atom. The van der Waals surface area contributed by atoms with Crippen LogP contribution in [0.25, 0.3) is 0 Å². The van der Waals surface area contributed by atoms with Gasteiger partial charge in [0.25, 0.3) is 0 Å². The van der Waals surface area contributed by atoms with Gasteiger partial charge < -0.3 is 0 Å². The maximum absolute atomic E-state index is 4.63. The highest BCUT2D eigenvalue weighted by Crippen LogP contribution is 2.39. The van der Waals surface area contributed by atoms with Gasteiger partial charge >= 0.3 is 0 Å². The second kappa shape index (κ2) is 6.28. The van der Waals surface area contributed by atoms with Crippen LogP contribution in [0.3, 0.4) is 0 Å². The van der Waals surface area contributed by atoms with Crippen molar-refractivity contribution < 1.29 is 0 Å². The fourth-order valence-electron chi connectivity index (χ4n) is 4.48. The number of allylic oxidation sites excluding steroid dienone is 3. The number of hydrogen-bond acceptors (Lipinski definition) is 1. The minimum Gasteiger partial charge on any atom is -0.291 e. The lowest BCUT2D eigenvalue weighted by molar-refractivity contribution is 0.337. The van der Waals surface area contributed by atoms with Crippen LogP contribution >= 0.6 is 0 Å². The normalized spacial score (nSPS) is 38.6. The molecule has 0 aromatic rings. The molecule has 1 aliphatic heterocycles. The van der Waals surface area contributed by atoms with E-state index in [1.54, 1.807) is 0 Å². The topological polar surface area (TPSA) is 12.4 Å². The summed E-state index contributed by atoms with van der Waals surface area (Å²) in [4.78, 5) is 4.63. The van der Waals surface area contributed by atoms with E-state index in [9.17, 15) is 0 Å². The highest BCUT2D eigenvalue weighted by atomic mass is 14.8. The van der Waals surface area contributed by atoms with E-state index in [0.717, 1.165) is 23.8 Å². The predicted octanol–water partition coefficient (Wildman–Crippen LogP) is 5.33. The summed E-state index contributed by atoms with van der Waals surface area (Å²) in [5.74, 6) is 2.78. The lowest BCUT2D eigenvalue weighted by Crippen LogP contribution is -2.18. The average molecular weight is 271 g/mol. The second-order valence-corrected chi connectivity index (χ2v) is 7.26. The van der Waals surface area contributed by atoms with Gasteiger partial charge in [-0.1, -0.05) is 37.1 Å². The maximum Gasteiger partial charge on any atom is 0.0530 e. The van der Waals surface area contributed by atoms with Crippen molar-refractivity contribution in [3.05, 3.63) is 24.3 Å². The molecule has 0 aromatic carbocycles. The Morgan fingerprint density at radius 2 is 1.95 bits per heavy atom. The average Bonchev–Trinajstić information content (AvgIpc) is 3.03. The molecule has 0 spiro atoms. The molecule has 3 aliphatic carbocycles. The minimum absolute atomic E-state index is 0.730. The number of hydrogen-bond donors (Lipinski definition) is 0. The van der Waals surface area contributed by atoms with Crippen molar-refractivity contribution in [2.45, 2.75) is 70.8 Å². The van der Waals surface area contributed by atoms with Crippen LogP contribution in [0.4, 0.5) is 0 Å². The smallest absolute Gasteiger partial charge is 0.0530 e. The minimum atomic E-state index is 0.730. The standard InChI is InChI=1S/C10H14.C9H15N/c1-8-5-6-9-3-2-4-10(9)7-8;1-7-6-8-4-2-3-5-9(8)10-7/h2-3,9-10H,1,4-7H2;8-9H,2-6H2,1H3. The number of fused-ring (bicyclic) bond motifs is 2. The summed E-state index contributed by atoms with van der Waals surface area (Å²) in [6.07, 6.45) is 16.9. The van der Waals surface area contributed by atoms with Gasteiger partial charge in [-0.15, -0.1) is 0 Å². The molecular formula is C19H29N. The van der Waals surface area contributed by atoms with E-state index in [1.165, 1.54) is 69.1 Å². The lowest BCUT2D eigenvalue weighted by atomic mass is 9.79. The van der Waals surface area contributed by atoms with Crippen molar-refractivity contribution in [3.8, 4) is 0 Å². The molecule has 4 rings (SSSR count). The van der Waals surface area contributed by atoms with Crippen molar-refractivity contribution in [2.75, 3.05) is 0 Å². The molecule has 2 saturated carbocycles. The largest absolute Gasteiger partial charge is 0.291 e. The van der Waals surface area contributed by atoms with E-state index in [0.29, 0.717) is 0 Å². The third-order valence-electron chi connectivity index (χ3n) is 5.62. The van der Waals surface area contributed by atoms with Gasteiger partial charge in [-0.25, -0.2) is 0 Å². The number of aliphatic imine (C=N–C) groups is 1. The third-order valence-corrected chi connectivity index (χ3v) is 5.62. The van der Waals surface area contributed by atoms with Crippen molar-refractivity contribution >= 4 is 5.71 Å². The molecule has 2 fully saturated rings. The van der Waals surface area contributed by atoms with Crippen LogP contribution in [0, 0.1) is 17.8 Å². The first-order chi connectivity index (χ1) is 9.72. The van der Waals surface area contributed by atoms with Crippen molar-refractivity contribution in [1.82, 2.24) is 0 Å². The molecule has 0 aromatic heterocycles. The van der Waals surface area contributed by atoms with E-state index in [1.807, 2.05) is 0 Å². The van der Waals surface area contributed by atoms with Crippen LogP contribution in [0.5, 0.6) is 0 Å². The van der Waals surface area contributed by atoms with Crippen molar-refractivity contribution in [3.63, 3.8) is 0 Å². The summed E-state index contributed by atoms with van der Waals surface area (Å²) in [6.45, 7) is 6.23. The SMILES string of the molecule is C=C1CCC2C=CCC2C1.CC1=NC2CCCCC2C1. The number of rotatable bonds is 0. The zero-order chi connectivity index (χ0) is 13.9. The Hall–Kier alpha value is -0.850. The fraction of sp³-hybridized carbons (Fsp3) is 0.737. The molecule has 0 amide bonds. The molecule has 4 atom stereocenters. The van der Waals surface area contributed by atoms with Crippen molar-refractivity contribution in [1.29, 1.82) is 0 Å². The Labute approximate surface area is 124 Å². The molecule has 110 valence electrons. The van der Waals surface area contributed by atoms with E-state index in [-0.39, 0.29) is 0 Å². The quantitative estimate of drug-likeness (QED) is 0.528. The van der Waals surface area contributed by atoms with E-state index >= 15 is 0 Å². The van der Waals surface area contributed by atoms with Gasteiger partial charge in [-0.05, 0) is 69.6 Å². The summed E-state index contributed by atoms with van der Waals surface area (Å²) in [7, 11) is 0. The van der Waals surface area contributed by atoms with Gasteiger partial charge in [0.2, 0.25) is 0 Å². The van der Waals surface area contributed by atoms with Crippen LogP contribution < -0.4 is 0 Å². The molecule has 0 saturated heterocycles. The zero-order valence-corrected chi connectivity index (χ0v) is 13.0. The highest BCUT2D eigenvalue weighted by molar-refractivity contribution is 5.84. The van der Waals surface area contributed by atoms with E-state index in [2.05, 4.69) is 30.6 Å². The molecule has 1 heteroatoms. The van der Waals surface area contributed by atoms with Crippen LogP contribution in [0.1, 0.15) is 64.7 Å². The maximum atomic E-state index is 4.63. The Kier molecular flexibility index (Phi) is 4.43. The molecule has 4 aliphatic rings. The predicted molar refractivity (Wildman–Crippen MR) is 87.2 cm³/mol. The number of nitrogens with zero attached hydrogens (tertiary/aromatic N) is 1. The first-order valence-corrected chi connectivity index (χ1v) is 8.59. The third kappa shape index (κ3) is 3.24. The van der Waals surface area contributed by atoms with Gasteiger partial charge in [0, 0.05) is 5.71 Å². The van der Waals surface area contributed by atoms with Crippen molar-refractivity contribution in [2.24, 2.45) is 22.7 Å². The molecule has 0 radical (unpaired) electrons. The Morgan fingerprint density at radius 1 is 1.10 bits per heavy atom. The highest BCUT2D eigenvalue weighted by Gasteiger charge is 2.29. The van der Waals surface area contributed by atoms with Crippen LogP contribution in [-0.2, 0) is 0 Å². The van der Waals surface area contributed by atoms with Gasteiger partial charge in [0.15, 0.2) is 0 Å². The summed E-state index contributed by atoms with van der Waals surface area (Å²) in [5.41, 5.74) is 2.88. The summed E-state index contributed by atoms with van der Waals surface area (Å²) in [6, 6.07) is 0.730. The first kappa shape index (κ1) is 14.1. The van der Waals surface area contributed by atoms with Gasteiger partial charge in [0.05, 0.1) is 6.04 Å². The van der Waals surface area contributed by atoms with Crippen LogP contribution in [-0.4, -0.2) is 11.8 Å². The monoisotopic (exact) mass is 271 g/mol. The zero-order valence-electron chi connectivity index (χ0n) is 13.0. The summed E-state index contributed by atoms with van der Waals surface area (Å²) < 4.78 is 0. The van der Waals surface area contributed by atoms with Gasteiger partial charge in [-0.2, -0.15) is 0 Å². The second-order valence-electron chi connectivity index (χ2n) is 7.26. The molecule has 4 unspecified atom stereocenters. The Balaban J connectivity index is 0.000000121. The van der Waals surface area contributed by atoms with Gasteiger partial charge in [0.1, 0.15) is 0 Å². The molecule has 20 heavy (non-hydrogen) atoms. The summed E-state index contributed by atoms with van der Waals surface area (Å²) >= 11 is 0. The van der Waals surface area contributed by atoms with E-state index in [4.69, 9.17) is 0 Å². The lowest BCUT2D eigenvalue weighted by Gasteiger charge is -2.26. The van der Waals surface area contributed by atoms with Crippen LogP contribution in [0.15, 0.2) is 29.3 Å². The van der Waals surface area contributed by atoms with Gasteiger partial charge in [-0.3, -0.25) is 4.99 Å². The molecule has 1 heterocycles. The first-order valence-electron chi connectivity index (χ1n) is 8.59. The molecule has 0 N–H and O–H groups in total. The van der Waals surface area contributed by atoms with Crippen LogP contribution in [0.2, 0.25) is 0 Å². The molecular weight excluding hydrogens is 242 g/mol. The summed E-state index contributed by atoms with van der Waals surface area (Å²) in [5, 5.41) is 0. The fourth-order valence-corrected chi connectivity index (χ4v) is 4.48. The molecule has 0 bridgehead atoms. The molecule has 1 nitrogen and oxygen atoms in total.